The van der Waals surface area contributed by atoms with E-state index in [1.54, 1.807) is 29.3 Å². The lowest BCUT2D eigenvalue weighted by Crippen LogP contribution is -2.26. The molecule has 0 bridgehead atoms. The minimum atomic E-state index is 0.00106. The number of nitrogens with one attached hydrogen (secondary N) is 2. The van der Waals surface area contributed by atoms with Gasteiger partial charge in [-0.25, -0.2) is 9.67 Å². The Morgan fingerprint density at radius 3 is 2.74 bits per heavy atom. The van der Waals surface area contributed by atoms with E-state index >= 15 is 0 Å². The van der Waals surface area contributed by atoms with E-state index < -0.39 is 0 Å². The quantitative estimate of drug-likeness (QED) is 0.211. The highest BCUT2D eigenvalue weighted by molar-refractivity contribution is 5.90. The first-order valence-electron chi connectivity index (χ1n) is 10.9. The monoisotopic (exact) mass is 463 g/mol. The van der Waals surface area contributed by atoms with Crippen molar-refractivity contribution in [2.24, 2.45) is 0 Å². The van der Waals surface area contributed by atoms with Crippen LogP contribution in [0, 0.1) is 0 Å². The van der Waals surface area contributed by atoms with Gasteiger partial charge >= 0.3 is 0 Å². The molecule has 0 spiro atoms. The molecule has 34 heavy (non-hydrogen) atoms. The van der Waals surface area contributed by atoms with Gasteiger partial charge in [-0.1, -0.05) is 0 Å². The predicted octanol–water partition coefficient (Wildman–Crippen LogP) is 1.39. The number of aromatic nitrogens is 6. The lowest BCUT2D eigenvalue weighted by Gasteiger charge is -2.09. The summed E-state index contributed by atoms with van der Waals surface area (Å²) in [7, 11) is 0. The summed E-state index contributed by atoms with van der Waals surface area (Å²) >= 11 is 0. The third kappa shape index (κ3) is 4.49. The zero-order chi connectivity index (χ0) is 23.3. The Hall–Kier alpha value is -4.16. The van der Waals surface area contributed by atoms with Crippen LogP contribution in [0.4, 0.5) is 11.6 Å². The van der Waals surface area contributed by atoms with Gasteiger partial charge in [0.2, 0.25) is 11.8 Å². The number of rotatable bonds is 11. The SMILES string of the molecule is Nc1nc2c(cnn2CCNCCNc2ccc(OCCO)cc2)c2nc(-c3ccco3)nn12. The topological polar surface area (TPSA) is 154 Å². The van der Waals surface area contributed by atoms with Gasteiger partial charge < -0.3 is 30.6 Å². The number of fused-ring (bicyclic) bond motifs is 3. The molecule has 1 aromatic carbocycles. The van der Waals surface area contributed by atoms with Crippen LogP contribution in [0.3, 0.4) is 0 Å². The summed E-state index contributed by atoms with van der Waals surface area (Å²) in [6.45, 7) is 3.17. The molecule has 176 valence electrons. The van der Waals surface area contributed by atoms with Gasteiger partial charge in [0.05, 0.1) is 31.0 Å². The van der Waals surface area contributed by atoms with E-state index in [4.69, 9.17) is 20.0 Å². The Bertz CT molecular complexity index is 1360. The van der Waals surface area contributed by atoms with Crippen molar-refractivity contribution in [2.45, 2.75) is 6.54 Å². The average Bonchev–Trinajstić information content (AvgIpc) is 3.60. The molecule has 0 radical (unpaired) electrons. The van der Waals surface area contributed by atoms with Gasteiger partial charge in [-0.15, -0.1) is 5.10 Å². The minimum Gasteiger partial charge on any atom is -0.491 e. The Balaban J connectivity index is 1.16. The van der Waals surface area contributed by atoms with E-state index in [9.17, 15) is 0 Å². The third-order valence-electron chi connectivity index (χ3n) is 5.18. The predicted molar refractivity (Wildman–Crippen MR) is 127 cm³/mol. The van der Waals surface area contributed by atoms with Gasteiger partial charge in [-0.05, 0) is 36.4 Å². The fourth-order valence-corrected chi connectivity index (χ4v) is 3.57. The standard InChI is InChI=1S/C22H25N9O3/c23-22-28-20-17(21-27-19(29-31(21)22)18-2-1-12-34-18)14-26-30(20)10-9-24-7-8-25-15-3-5-16(6-4-15)33-13-11-32/h1-6,12,14,24-25,32H,7-11,13H2,(H2,23,28). The zero-order valence-corrected chi connectivity index (χ0v) is 18.4. The van der Waals surface area contributed by atoms with Gasteiger partial charge in [-0.3, -0.25) is 0 Å². The second-order valence-electron chi connectivity index (χ2n) is 7.50. The van der Waals surface area contributed by atoms with Gasteiger partial charge in [0.1, 0.15) is 12.4 Å². The number of anilines is 2. The van der Waals surface area contributed by atoms with E-state index in [0.29, 0.717) is 42.6 Å². The van der Waals surface area contributed by atoms with E-state index in [1.807, 2.05) is 24.3 Å². The molecule has 5 aromatic rings. The number of hydrogen-bond acceptors (Lipinski definition) is 10. The number of nitrogens with zero attached hydrogens (tertiary/aromatic N) is 6. The smallest absolute Gasteiger partial charge is 0.225 e. The summed E-state index contributed by atoms with van der Waals surface area (Å²) in [5, 5.41) is 25.2. The third-order valence-corrected chi connectivity index (χ3v) is 5.18. The van der Waals surface area contributed by atoms with Gasteiger partial charge in [0.25, 0.3) is 0 Å². The first-order chi connectivity index (χ1) is 16.7. The van der Waals surface area contributed by atoms with Crippen LogP contribution in [0.25, 0.3) is 28.3 Å². The Labute approximate surface area is 194 Å². The Kier molecular flexibility index (Phi) is 6.23. The van der Waals surface area contributed by atoms with Gasteiger partial charge in [0, 0.05) is 25.3 Å². The largest absolute Gasteiger partial charge is 0.491 e. The maximum Gasteiger partial charge on any atom is 0.225 e. The summed E-state index contributed by atoms with van der Waals surface area (Å²) in [5.41, 5.74) is 8.38. The van der Waals surface area contributed by atoms with Crippen LogP contribution in [0.5, 0.6) is 5.75 Å². The molecule has 5 rings (SSSR count). The molecular weight excluding hydrogens is 438 g/mol. The highest BCUT2D eigenvalue weighted by Crippen LogP contribution is 2.23. The van der Waals surface area contributed by atoms with Crippen LogP contribution in [-0.2, 0) is 6.54 Å². The highest BCUT2D eigenvalue weighted by Gasteiger charge is 2.17. The fraction of sp³-hybridized carbons (Fsp3) is 0.273. The zero-order valence-electron chi connectivity index (χ0n) is 18.4. The summed E-state index contributed by atoms with van der Waals surface area (Å²) in [6, 6.07) is 11.2. The molecular formula is C22H25N9O3. The molecule has 12 nitrogen and oxygen atoms in total. The van der Waals surface area contributed by atoms with Gasteiger partial charge in [-0.2, -0.15) is 14.6 Å². The molecule has 0 unspecified atom stereocenters. The van der Waals surface area contributed by atoms with Crippen molar-refractivity contribution >= 4 is 28.3 Å². The van der Waals surface area contributed by atoms with Crippen molar-refractivity contribution in [3.63, 3.8) is 0 Å². The molecule has 5 N–H and O–H groups in total. The summed E-state index contributed by atoms with van der Waals surface area (Å²) < 4.78 is 14.1. The summed E-state index contributed by atoms with van der Waals surface area (Å²) in [5.74, 6) is 1.98. The first kappa shape index (κ1) is 21.7. The fourth-order valence-electron chi connectivity index (χ4n) is 3.57. The van der Waals surface area contributed by atoms with Crippen LogP contribution in [0.15, 0.2) is 53.3 Å². The Morgan fingerprint density at radius 2 is 1.94 bits per heavy atom. The number of hydrogen-bond donors (Lipinski definition) is 4. The van der Waals surface area contributed by atoms with Crippen molar-refractivity contribution < 1.29 is 14.3 Å². The lowest BCUT2D eigenvalue weighted by molar-refractivity contribution is 0.201. The van der Waals surface area contributed by atoms with Crippen molar-refractivity contribution in [3.05, 3.63) is 48.9 Å². The molecule has 0 amide bonds. The number of benzene rings is 1. The first-order valence-corrected chi connectivity index (χ1v) is 10.9. The molecule has 0 fully saturated rings. The average molecular weight is 464 g/mol. The molecule has 4 aromatic heterocycles. The molecule has 0 aliphatic carbocycles. The van der Waals surface area contributed by atoms with Gasteiger partial charge in [0.15, 0.2) is 17.1 Å². The lowest BCUT2D eigenvalue weighted by atomic mass is 10.3. The molecule has 12 heteroatoms. The highest BCUT2D eigenvalue weighted by atomic mass is 16.5. The van der Waals surface area contributed by atoms with Crippen LogP contribution in [0.2, 0.25) is 0 Å². The van der Waals surface area contributed by atoms with Crippen molar-refractivity contribution in [2.75, 3.05) is 43.9 Å². The summed E-state index contributed by atoms with van der Waals surface area (Å²) in [6.07, 6.45) is 3.30. The van der Waals surface area contributed by atoms with E-state index in [1.165, 1.54) is 4.52 Å². The van der Waals surface area contributed by atoms with Crippen LogP contribution in [-0.4, -0.2) is 67.3 Å². The number of furan rings is 1. The number of nitrogens with two attached hydrogens (primary N) is 1. The van der Waals surface area contributed by atoms with Crippen LogP contribution in [0.1, 0.15) is 0 Å². The number of aliphatic hydroxyl groups excluding tert-OH is 1. The maximum atomic E-state index is 8.80. The second kappa shape index (κ2) is 9.77. The maximum absolute atomic E-state index is 8.80. The summed E-state index contributed by atoms with van der Waals surface area (Å²) in [4.78, 5) is 9.05. The second-order valence-corrected chi connectivity index (χ2v) is 7.50. The molecule has 0 aliphatic heterocycles. The van der Waals surface area contributed by atoms with Crippen molar-refractivity contribution in [1.82, 2.24) is 34.7 Å². The molecule has 0 atom stereocenters. The number of nitrogen functional groups attached to an aromatic ring is 1. The van der Waals surface area contributed by atoms with E-state index in [0.717, 1.165) is 29.9 Å². The van der Waals surface area contributed by atoms with E-state index in [-0.39, 0.29) is 12.6 Å². The number of aliphatic hydroxyl groups is 1. The van der Waals surface area contributed by atoms with E-state index in [2.05, 4.69) is 30.8 Å². The molecule has 4 heterocycles. The van der Waals surface area contributed by atoms with Crippen LogP contribution < -0.4 is 21.1 Å². The number of ether oxygens (including phenoxy) is 1. The minimum absolute atomic E-state index is 0.00106. The molecule has 0 saturated heterocycles. The molecule has 0 aliphatic rings. The Morgan fingerprint density at radius 1 is 1.06 bits per heavy atom. The van der Waals surface area contributed by atoms with Crippen molar-refractivity contribution in [3.8, 4) is 17.3 Å². The van der Waals surface area contributed by atoms with Crippen molar-refractivity contribution in [1.29, 1.82) is 0 Å². The normalized spacial score (nSPS) is 11.4. The van der Waals surface area contributed by atoms with Crippen LogP contribution >= 0.6 is 0 Å². The molecule has 0 saturated carbocycles.